The van der Waals surface area contributed by atoms with E-state index in [9.17, 15) is 29.4 Å². The van der Waals surface area contributed by atoms with E-state index in [1.807, 2.05) is 0 Å². The van der Waals surface area contributed by atoms with Gasteiger partial charge >= 0.3 is 5.97 Å². The molecular formula is C23H24Cl2N4O7. The van der Waals surface area contributed by atoms with Gasteiger partial charge in [-0.3, -0.25) is 14.4 Å². The Labute approximate surface area is 215 Å². The van der Waals surface area contributed by atoms with Gasteiger partial charge in [-0.2, -0.15) is 0 Å². The van der Waals surface area contributed by atoms with E-state index < -0.39 is 48.4 Å². The standard InChI is InChI=1S/C23H24Cl2N4O7/c24-14-8-12(10-27-18(31)4-3-13-2-1-7-36-13)9-15(25)19(14)21(32)29-16(23(34)35)11-28-22(33)20-17(30)5-6-26-20/h1-4,7-9,16-17,20,26,30H,5-6,10-11H2,(H,27,31)(H,28,33)(H,29,32)(H,34,35)/b4-3+/t16-,17-,20-/m0/s1. The van der Waals surface area contributed by atoms with Gasteiger partial charge in [0.05, 0.1) is 28.0 Å². The van der Waals surface area contributed by atoms with Crippen LogP contribution in [0.3, 0.4) is 0 Å². The van der Waals surface area contributed by atoms with Crippen molar-refractivity contribution >= 4 is 53.0 Å². The molecule has 11 nitrogen and oxygen atoms in total. The Bertz CT molecular complexity index is 1130. The Morgan fingerprint density at radius 3 is 2.50 bits per heavy atom. The predicted octanol–water partition coefficient (Wildman–Crippen LogP) is 0.938. The number of furan rings is 1. The third-order valence-corrected chi connectivity index (χ3v) is 5.89. The molecule has 13 heteroatoms. The first kappa shape index (κ1) is 27.2. The zero-order chi connectivity index (χ0) is 26.2. The number of rotatable bonds is 10. The van der Waals surface area contributed by atoms with Gasteiger partial charge in [0.1, 0.15) is 17.8 Å². The molecule has 0 saturated carbocycles. The Morgan fingerprint density at radius 2 is 1.92 bits per heavy atom. The van der Waals surface area contributed by atoms with Gasteiger partial charge in [0.15, 0.2) is 0 Å². The molecular weight excluding hydrogens is 515 g/mol. The van der Waals surface area contributed by atoms with Crippen LogP contribution in [0, 0.1) is 0 Å². The second-order valence-corrected chi connectivity index (χ2v) is 8.71. The lowest BCUT2D eigenvalue weighted by molar-refractivity contribution is -0.139. The molecule has 0 aliphatic carbocycles. The van der Waals surface area contributed by atoms with Crippen molar-refractivity contribution in [2.75, 3.05) is 13.1 Å². The number of hydrogen-bond acceptors (Lipinski definition) is 7. The molecule has 3 amide bonds. The summed E-state index contributed by atoms with van der Waals surface area (Å²) in [7, 11) is 0. The average Bonchev–Trinajstić information content (AvgIpc) is 3.50. The van der Waals surface area contributed by atoms with Gasteiger partial charge in [0.2, 0.25) is 11.8 Å². The van der Waals surface area contributed by atoms with Crippen molar-refractivity contribution in [2.24, 2.45) is 0 Å². The molecule has 1 aromatic carbocycles. The smallest absolute Gasteiger partial charge is 0.328 e. The number of nitrogens with one attached hydrogen (secondary N) is 4. The monoisotopic (exact) mass is 538 g/mol. The van der Waals surface area contributed by atoms with Crippen LogP contribution in [-0.2, 0) is 20.9 Å². The zero-order valence-electron chi connectivity index (χ0n) is 18.8. The van der Waals surface area contributed by atoms with Crippen LogP contribution < -0.4 is 21.3 Å². The number of halogens is 2. The van der Waals surface area contributed by atoms with Crippen molar-refractivity contribution < 1.29 is 33.8 Å². The van der Waals surface area contributed by atoms with Crippen LogP contribution in [0.15, 0.2) is 41.0 Å². The molecule has 36 heavy (non-hydrogen) atoms. The lowest BCUT2D eigenvalue weighted by Gasteiger charge is -2.19. The van der Waals surface area contributed by atoms with E-state index in [0.717, 1.165) is 0 Å². The van der Waals surface area contributed by atoms with Crippen molar-refractivity contribution in [3.8, 4) is 0 Å². The zero-order valence-corrected chi connectivity index (χ0v) is 20.3. The largest absolute Gasteiger partial charge is 0.480 e. The molecule has 192 valence electrons. The summed E-state index contributed by atoms with van der Waals surface area (Å²) < 4.78 is 5.10. The topological polar surface area (TPSA) is 170 Å². The van der Waals surface area contributed by atoms with E-state index in [0.29, 0.717) is 24.3 Å². The Hall–Kier alpha value is -3.38. The number of benzene rings is 1. The van der Waals surface area contributed by atoms with Crippen molar-refractivity contribution in [3.63, 3.8) is 0 Å². The fourth-order valence-electron chi connectivity index (χ4n) is 3.44. The molecule has 3 rings (SSSR count). The van der Waals surface area contributed by atoms with Crippen LogP contribution >= 0.6 is 23.2 Å². The van der Waals surface area contributed by atoms with Gasteiger partial charge in [-0.15, -0.1) is 0 Å². The summed E-state index contributed by atoms with van der Waals surface area (Å²) in [6.07, 6.45) is 3.79. The summed E-state index contributed by atoms with van der Waals surface area (Å²) in [5.41, 5.74) is 0.350. The van der Waals surface area contributed by atoms with E-state index in [2.05, 4.69) is 21.3 Å². The van der Waals surface area contributed by atoms with Crippen LogP contribution in [0.1, 0.15) is 28.1 Å². The lowest BCUT2D eigenvalue weighted by Crippen LogP contribution is -2.52. The quantitative estimate of drug-likeness (QED) is 0.242. The summed E-state index contributed by atoms with van der Waals surface area (Å²) in [5.74, 6) is -2.71. The van der Waals surface area contributed by atoms with Gasteiger partial charge in [-0.25, -0.2) is 4.79 Å². The summed E-state index contributed by atoms with van der Waals surface area (Å²) in [6, 6.07) is 3.88. The summed E-state index contributed by atoms with van der Waals surface area (Å²) in [5, 5.41) is 29.3. The molecule has 2 aromatic rings. The first-order chi connectivity index (χ1) is 17.2. The van der Waals surface area contributed by atoms with E-state index in [4.69, 9.17) is 27.6 Å². The van der Waals surface area contributed by atoms with Gasteiger partial charge in [-0.05, 0) is 48.9 Å². The molecule has 1 aliphatic rings. The number of amides is 3. The number of carbonyl (C=O) groups is 4. The van der Waals surface area contributed by atoms with Gasteiger partial charge in [0.25, 0.3) is 5.91 Å². The molecule has 1 saturated heterocycles. The molecule has 3 atom stereocenters. The normalized spacial score (nSPS) is 18.1. The maximum atomic E-state index is 12.7. The van der Waals surface area contributed by atoms with Crippen molar-refractivity contribution in [2.45, 2.75) is 31.2 Å². The fourth-order valence-corrected chi connectivity index (χ4v) is 4.14. The number of aliphatic hydroxyl groups excluding tert-OH is 1. The lowest BCUT2D eigenvalue weighted by atomic mass is 10.1. The van der Waals surface area contributed by atoms with Gasteiger partial charge in [-0.1, -0.05) is 23.2 Å². The Balaban J connectivity index is 1.58. The fraction of sp³-hybridized carbons (Fsp3) is 0.304. The Morgan fingerprint density at radius 1 is 1.19 bits per heavy atom. The number of aliphatic hydroxyl groups is 1. The molecule has 0 spiro atoms. The highest BCUT2D eigenvalue weighted by Gasteiger charge is 2.32. The van der Waals surface area contributed by atoms with Crippen LogP contribution in [-0.4, -0.2) is 65.2 Å². The van der Waals surface area contributed by atoms with Crippen molar-refractivity contribution in [1.29, 1.82) is 0 Å². The Kier molecular flexibility index (Phi) is 9.48. The molecule has 1 fully saturated rings. The average molecular weight is 539 g/mol. The summed E-state index contributed by atoms with van der Waals surface area (Å²) in [6.45, 7) is 0.0971. The number of carbonyl (C=O) groups excluding carboxylic acids is 3. The first-order valence-corrected chi connectivity index (χ1v) is 11.6. The van der Waals surface area contributed by atoms with E-state index in [1.54, 1.807) is 12.1 Å². The van der Waals surface area contributed by atoms with Gasteiger partial charge < -0.3 is 35.9 Å². The maximum Gasteiger partial charge on any atom is 0.328 e. The first-order valence-electron chi connectivity index (χ1n) is 10.9. The van der Waals surface area contributed by atoms with Crippen LogP contribution in [0.4, 0.5) is 0 Å². The molecule has 2 heterocycles. The maximum absolute atomic E-state index is 12.7. The highest BCUT2D eigenvalue weighted by atomic mass is 35.5. The SMILES string of the molecule is O=C(/C=C/c1ccco1)NCc1cc(Cl)c(C(=O)N[C@@H](CNC(=O)[C@H]2NCC[C@@H]2O)C(=O)O)c(Cl)c1. The molecule has 6 N–H and O–H groups in total. The number of carboxylic acids is 1. The van der Waals surface area contributed by atoms with E-state index >= 15 is 0 Å². The molecule has 1 aliphatic heterocycles. The third-order valence-electron chi connectivity index (χ3n) is 5.29. The van der Waals surface area contributed by atoms with Crippen LogP contribution in [0.2, 0.25) is 10.0 Å². The third kappa shape index (κ3) is 7.31. The summed E-state index contributed by atoms with van der Waals surface area (Å²) in [4.78, 5) is 48.5. The molecule has 0 unspecified atom stereocenters. The highest BCUT2D eigenvalue weighted by molar-refractivity contribution is 6.39. The van der Waals surface area contributed by atoms with Crippen LogP contribution in [0.5, 0.6) is 0 Å². The molecule has 0 radical (unpaired) electrons. The number of aliphatic carboxylic acids is 1. The minimum Gasteiger partial charge on any atom is -0.480 e. The van der Waals surface area contributed by atoms with Crippen molar-refractivity contribution in [1.82, 2.24) is 21.3 Å². The van der Waals surface area contributed by atoms with Crippen LogP contribution in [0.25, 0.3) is 6.08 Å². The number of carboxylic acid groups (broad SMARTS) is 1. The minimum atomic E-state index is -1.48. The molecule has 0 bridgehead atoms. The highest BCUT2D eigenvalue weighted by Crippen LogP contribution is 2.27. The number of hydrogen-bond donors (Lipinski definition) is 6. The minimum absolute atomic E-state index is 0.0539. The second kappa shape index (κ2) is 12.5. The van der Waals surface area contributed by atoms with Gasteiger partial charge in [0, 0.05) is 19.2 Å². The van der Waals surface area contributed by atoms with E-state index in [-0.39, 0.29) is 22.2 Å². The summed E-state index contributed by atoms with van der Waals surface area (Å²) >= 11 is 12.5. The predicted molar refractivity (Wildman–Crippen MR) is 130 cm³/mol. The van der Waals surface area contributed by atoms with Crippen molar-refractivity contribution in [3.05, 3.63) is 63.5 Å². The molecule has 1 aromatic heterocycles. The second-order valence-electron chi connectivity index (χ2n) is 7.90. The van der Waals surface area contributed by atoms with E-state index in [1.165, 1.54) is 30.5 Å².